The van der Waals surface area contributed by atoms with E-state index >= 15 is 0 Å². The molecule has 24 heavy (non-hydrogen) atoms. The number of halogens is 2. The Hall–Kier alpha value is -2.02. The Morgan fingerprint density at radius 3 is 2.42 bits per heavy atom. The average molecular weight is 382 g/mol. The summed E-state index contributed by atoms with van der Waals surface area (Å²) in [6.45, 7) is 0. The summed E-state index contributed by atoms with van der Waals surface area (Å²) in [4.78, 5) is 0. The van der Waals surface area contributed by atoms with E-state index in [1.54, 1.807) is 49.1 Å². The number of hydrogen-bond donors (Lipinski definition) is 1. The van der Waals surface area contributed by atoms with E-state index < -0.39 is 0 Å². The zero-order valence-electron chi connectivity index (χ0n) is 12.8. The Morgan fingerprint density at radius 1 is 1.04 bits per heavy atom. The number of benzene rings is 2. The Morgan fingerprint density at radius 2 is 1.75 bits per heavy atom. The second-order valence-electron chi connectivity index (χ2n) is 4.85. The predicted molar refractivity (Wildman–Crippen MR) is 97.3 cm³/mol. The molecule has 3 aromatic rings. The van der Waals surface area contributed by atoms with Crippen molar-refractivity contribution in [2.45, 2.75) is 0 Å². The van der Waals surface area contributed by atoms with Gasteiger partial charge in [-0.3, -0.25) is 9.67 Å². The molecule has 1 aromatic heterocycles. The molecular weight excluding hydrogens is 369 g/mol. The van der Waals surface area contributed by atoms with E-state index in [1.165, 1.54) is 0 Å². The molecule has 0 fully saturated rings. The third kappa shape index (κ3) is 3.00. The number of nitrogens with zero attached hydrogens (tertiary/aromatic N) is 2. The SMILES string of the molecule is COc1ccc(-n2c(-c3cc(Cl)ccc3OC)n[nH]c2=S)cc1Cl. The highest BCUT2D eigenvalue weighted by Gasteiger charge is 2.16. The van der Waals surface area contributed by atoms with Gasteiger partial charge in [0.25, 0.3) is 0 Å². The molecule has 0 aliphatic carbocycles. The standard InChI is InChI=1S/C16H13Cl2N3O2S/c1-22-13-5-3-9(17)7-11(13)15-19-20-16(24)21(15)10-4-6-14(23-2)12(18)8-10/h3-8H,1-2H3,(H,20,24). The highest BCUT2D eigenvalue weighted by atomic mass is 35.5. The summed E-state index contributed by atoms with van der Waals surface area (Å²) in [5.74, 6) is 1.78. The Bertz CT molecular complexity index is 953. The van der Waals surface area contributed by atoms with Crippen LogP contribution in [0.25, 0.3) is 17.1 Å². The van der Waals surface area contributed by atoms with Crippen LogP contribution in [0, 0.1) is 4.77 Å². The lowest BCUT2D eigenvalue weighted by Crippen LogP contribution is -2.00. The highest BCUT2D eigenvalue weighted by Crippen LogP contribution is 2.34. The first-order chi connectivity index (χ1) is 11.5. The Balaban J connectivity index is 2.22. The smallest absolute Gasteiger partial charge is 0.200 e. The fourth-order valence-corrected chi connectivity index (χ4v) is 3.03. The van der Waals surface area contributed by atoms with Crippen molar-refractivity contribution in [3.8, 4) is 28.6 Å². The topological polar surface area (TPSA) is 52.1 Å². The van der Waals surface area contributed by atoms with Crippen molar-refractivity contribution < 1.29 is 9.47 Å². The maximum atomic E-state index is 6.23. The van der Waals surface area contributed by atoms with Crippen molar-refractivity contribution >= 4 is 35.4 Å². The van der Waals surface area contributed by atoms with E-state index in [2.05, 4.69) is 10.2 Å². The fraction of sp³-hybridized carbons (Fsp3) is 0.125. The summed E-state index contributed by atoms with van der Waals surface area (Å²) in [6.07, 6.45) is 0. The van der Waals surface area contributed by atoms with Gasteiger partial charge in [0.1, 0.15) is 11.5 Å². The second-order valence-corrected chi connectivity index (χ2v) is 6.08. The molecule has 0 saturated carbocycles. The first-order valence-electron chi connectivity index (χ1n) is 6.90. The second kappa shape index (κ2) is 6.84. The molecule has 0 radical (unpaired) electrons. The zero-order chi connectivity index (χ0) is 17.3. The van der Waals surface area contributed by atoms with Crippen LogP contribution < -0.4 is 9.47 Å². The number of hydrogen-bond acceptors (Lipinski definition) is 4. The molecule has 3 rings (SSSR count). The fourth-order valence-electron chi connectivity index (χ4n) is 2.37. The molecule has 0 bridgehead atoms. The Labute approximate surface area is 153 Å². The van der Waals surface area contributed by atoms with Crippen molar-refractivity contribution in [2.24, 2.45) is 0 Å². The number of nitrogens with one attached hydrogen (secondary N) is 1. The van der Waals surface area contributed by atoms with E-state index in [0.717, 1.165) is 5.69 Å². The molecular formula is C16H13Cl2N3O2S. The van der Waals surface area contributed by atoms with Crippen LogP contribution in [0.15, 0.2) is 36.4 Å². The quantitative estimate of drug-likeness (QED) is 0.651. The number of rotatable bonds is 4. The normalized spacial score (nSPS) is 10.7. The van der Waals surface area contributed by atoms with Gasteiger partial charge in [0.15, 0.2) is 10.6 Å². The third-order valence-corrected chi connectivity index (χ3v) is 4.27. The number of aromatic nitrogens is 3. The molecule has 124 valence electrons. The zero-order valence-corrected chi connectivity index (χ0v) is 15.2. The van der Waals surface area contributed by atoms with Crippen LogP contribution in [0.4, 0.5) is 0 Å². The molecule has 1 N–H and O–H groups in total. The molecule has 1 heterocycles. The van der Waals surface area contributed by atoms with Gasteiger partial charge < -0.3 is 9.47 Å². The summed E-state index contributed by atoms with van der Waals surface area (Å²) < 4.78 is 12.8. The van der Waals surface area contributed by atoms with Crippen molar-refractivity contribution in [1.82, 2.24) is 14.8 Å². The molecule has 0 aliphatic rings. The average Bonchev–Trinajstić information content (AvgIpc) is 2.96. The minimum Gasteiger partial charge on any atom is -0.496 e. The lowest BCUT2D eigenvalue weighted by atomic mass is 10.2. The minimum absolute atomic E-state index is 0.424. The van der Waals surface area contributed by atoms with Gasteiger partial charge in [0.05, 0.1) is 30.5 Å². The number of H-pyrrole nitrogens is 1. The molecule has 5 nitrogen and oxygen atoms in total. The molecule has 2 aromatic carbocycles. The van der Waals surface area contributed by atoms with Crippen LogP contribution in [-0.2, 0) is 0 Å². The van der Waals surface area contributed by atoms with Crippen LogP contribution in [0.5, 0.6) is 11.5 Å². The lowest BCUT2D eigenvalue weighted by molar-refractivity contribution is 0.415. The van der Waals surface area contributed by atoms with E-state index in [4.69, 9.17) is 44.9 Å². The molecule has 0 spiro atoms. The van der Waals surface area contributed by atoms with Gasteiger partial charge in [-0.25, -0.2) is 0 Å². The molecule has 0 amide bonds. The third-order valence-electron chi connectivity index (χ3n) is 3.47. The molecule has 0 unspecified atom stereocenters. The van der Waals surface area contributed by atoms with E-state index in [-0.39, 0.29) is 0 Å². The largest absolute Gasteiger partial charge is 0.496 e. The van der Waals surface area contributed by atoms with Crippen LogP contribution >= 0.6 is 35.4 Å². The summed E-state index contributed by atoms with van der Waals surface area (Å²) in [5.41, 5.74) is 1.46. The van der Waals surface area contributed by atoms with Crippen LogP contribution in [0.1, 0.15) is 0 Å². The molecule has 8 heteroatoms. The van der Waals surface area contributed by atoms with Gasteiger partial charge in [0, 0.05) is 5.02 Å². The highest BCUT2D eigenvalue weighted by molar-refractivity contribution is 7.71. The molecule has 0 saturated heterocycles. The summed E-state index contributed by atoms with van der Waals surface area (Å²) >= 11 is 17.7. The first kappa shape index (κ1) is 16.8. The Kier molecular flexibility index (Phi) is 4.80. The van der Waals surface area contributed by atoms with Crippen molar-refractivity contribution in [3.63, 3.8) is 0 Å². The van der Waals surface area contributed by atoms with Gasteiger partial charge in [0.2, 0.25) is 0 Å². The van der Waals surface area contributed by atoms with Gasteiger partial charge >= 0.3 is 0 Å². The monoisotopic (exact) mass is 381 g/mol. The van der Waals surface area contributed by atoms with Gasteiger partial charge in [-0.05, 0) is 48.6 Å². The van der Waals surface area contributed by atoms with E-state index in [9.17, 15) is 0 Å². The minimum atomic E-state index is 0.424. The van der Waals surface area contributed by atoms with E-state index in [1.807, 2.05) is 6.07 Å². The summed E-state index contributed by atoms with van der Waals surface area (Å²) in [5, 5.41) is 8.16. The number of ether oxygens (including phenoxy) is 2. The van der Waals surface area contributed by atoms with Gasteiger partial charge in [-0.2, -0.15) is 5.10 Å². The maximum Gasteiger partial charge on any atom is 0.200 e. The molecule has 0 atom stereocenters. The van der Waals surface area contributed by atoms with Gasteiger partial charge in [-0.15, -0.1) is 0 Å². The number of methoxy groups -OCH3 is 2. The van der Waals surface area contributed by atoms with Crippen molar-refractivity contribution in [2.75, 3.05) is 14.2 Å². The van der Waals surface area contributed by atoms with Crippen molar-refractivity contribution in [3.05, 3.63) is 51.2 Å². The number of aromatic amines is 1. The lowest BCUT2D eigenvalue weighted by Gasteiger charge is -2.12. The summed E-state index contributed by atoms with van der Waals surface area (Å²) in [7, 11) is 3.15. The maximum absolute atomic E-state index is 6.23. The van der Waals surface area contributed by atoms with Crippen molar-refractivity contribution in [1.29, 1.82) is 0 Å². The van der Waals surface area contributed by atoms with Crippen LogP contribution in [-0.4, -0.2) is 29.0 Å². The van der Waals surface area contributed by atoms with Gasteiger partial charge in [-0.1, -0.05) is 23.2 Å². The first-order valence-corrected chi connectivity index (χ1v) is 8.07. The van der Waals surface area contributed by atoms with Crippen LogP contribution in [0.3, 0.4) is 0 Å². The predicted octanol–water partition coefficient (Wildman–Crippen LogP) is 4.92. The summed E-state index contributed by atoms with van der Waals surface area (Å²) in [6, 6.07) is 10.7. The van der Waals surface area contributed by atoms with E-state index in [0.29, 0.717) is 37.7 Å². The molecule has 0 aliphatic heterocycles. The van der Waals surface area contributed by atoms with Crippen LogP contribution in [0.2, 0.25) is 10.0 Å².